The molecule has 1 aliphatic heterocycles. The van der Waals surface area contributed by atoms with Crippen LogP contribution in [0.15, 0.2) is 48.8 Å². The van der Waals surface area contributed by atoms with Crippen LogP contribution >= 0.6 is 0 Å². The molecule has 0 radical (unpaired) electrons. The minimum atomic E-state index is -1.12. The number of amides is 1. The second-order valence-corrected chi connectivity index (χ2v) is 6.33. The van der Waals surface area contributed by atoms with Crippen LogP contribution in [0.5, 0.6) is 5.75 Å². The number of carbonyl (C=O) groups is 1. The summed E-state index contributed by atoms with van der Waals surface area (Å²) in [7, 11) is 0. The Morgan fingerprint density at radius 2 is 1.79 bits per heavy atom. The third kappa shape index (κ3) is 3.84. The molecule has 0 fully saturated rings. The van der Waals surface area contributed by atoms with Crippen molar-refractivity contribution in [3.05, 3.63) is 77.4 Å². The third-order valence-electron chi connectivity index (χ3n) is 4.44. The Kier molecular flexibility index (Phi) is 5.03. The summed E-state index contributed by atoms with van der Waals surface area (Å²) in [6.45, 7) is 0.242. The molecule has 2 aromatic carbocycles. The van der Waals surface area contributed by atoms with E-state index in [0.29, 0.717) is 17.9 Å². The third-order valence-corrected chi connectivity index (χ3v) is 4.44. The first-order valence-electron chi connectivity index (χ1n) is 8.78. The lowest BCUT2D eigenvalue weighted by Crippen LogP contribution is -2.25. The monoisotopic (exact) mass is 400 g/mol. The summed E-state index contributed by atoms with van der Waals surface area (Å²) in [4.78, 5) is 20.9. The van der Waals surface area contributed by atoms with Gasteiger partial charge in [0.1, 0.15) is 17.1 Å². The van der Waals surface area contributed by atoms with E-state index in [-0.39, 0.29) is 29.6 Å². The number of rotatable bonds is 4. The molecule has 1 aromatic heterocycles. The molecule has 6 nitrogen and oxygen atoms in total. The molecule has 29 heavy (non-hydrogen) atoms. The number of ether oxygens (including phenoxy) is 1. The molecule has 1 amide bonds. The molecule has 148 valence electrons. The number of hydrogen-bond donors (Lipinski definition) is 2. The van der Waals surface area contributed by atoms with Gasteiger partial charge in [0.15, 0.2) is 11.6 Å². The van der Waals surface area contributed by atoms with E-state index in [1.54, 1.807) is 18.5 Å². The molecule has 0 aliphatic carbocycles. The maximum Gasteiger partial charge on any atom is 0.262 e. The van der Waals surface area contributed by atoms with E-state index in [9.17, 15) is 18.0 Å². The maximum absolute atomic E-state index is 14.5. The summed E-state index contributed by atoms with van der Waals surface area (Å²) in [5.74, 6) is -3.32. The van der Waals surface area contributed by atoms with Gasteiger partial charge in [0.2, 0.25) is 5.95 Å². The Bertz CT molecular complexity index is 1060. The van der Waals surface area contributed by atoms with E-state index in [1.807, 2.05) is 0 Å². The second kappa shape index (κ2) is 7.78. The lowest BCUT2D eigenvalue weighted by Gasteiger charge is -2.28. The summed E-state index contributed by atoms with van der Waals surface area (Å²) >= 11 is 0. The number of hydrogen-bond acceptors (Lipinski definition) is 5. The summed E-state index contributed by atoms with van der Waals surface area (Å²) in [6.07, 6.45) is 3.73. The zero-order chi connectivity index (χ0) is 20.4. The Morgan fingerprint density at radius 3 is 2.55 bits per heavy atom. The number of nitrogens with zero attached hydrogens (tertiary/aromatic N) is 2. The van der Waals surface area contributed by atoms with Gasteiger partial charge in [-0.1, -0.05) is 6.07 Å². The Labute approximate surface area is 163 Å². The van der Waals surface area contributed by atoms with Gasteiger partial charge in [-0.15, -0.1) is 0 Å². The smallest absolute Gasteiger partial charge is 0.262 e. The van der Waals surface area contributed by atoms with Crippen molar-refractivity contribution >= 4 is 17.5 Å². The molecule has 1 atom stereocenters. The quantitative estimate of drug-likeness (QED) is 0.690. The SMILES string of the molecule is O=C(Nc1ccc(F)c(F)c1)c1c(F)ccc2c1OCCC2Nc1ncccn1. The fourth-order valence-corrected chi connectivity index (χ4v) is 3.10. The van der Waals surface area contributed by atoms with E-state index in [2.05, 4.69) is 20.6 Å². The normalized spacial score (nSPS) is 15.2. The number of anilines is 2. The van der Waals surface area contributed by atoms with Gasteiger partial charge >= 0.3 is 0 Å². The Hall–Kier alpha value is -3.62. The maximum atomic E-state index is 14.5. The molecule has 4 rings (SSSR count). The van der Waals surface area contributed by atoms with E-state index >= 15 is 0 Å². The van der Waals surface area contributed by atoms with Crippen LogP contribution in [-0.4, -0.2) is 22.5 Å². The predicted molar refractivity (Wildman–Crippen MR) is 99.2 cm³/mol. The molecule has 3 aromatic rings. The van der Waals surface area contributed by atoms with Crippen LogP contribution in [0.3, 0.4) is 0 Å². The number of nitrogens with one attached hydrogen (secondary N) is 2. The lowest BCUT2D eigenvalue weighted by atomic mass is 9.96. The van der Waals surface area contributed by atoms with Crippen LogP contribution < -0.4 is 15.4 Å². The van der Waals surface area contributed by atoms with Gasteiger partial charge in [-0.05, 0) is 24.3 Å². The minimum absolute atomic E-state index is 0.00549. The highest BCUT2D eigenvalue weighted by molar-refractivity contribution is 6.06. The number of benzene rings is 2. The predicted octanol–water partition coefficient (Wildman–Crippen LogP) is 4.08. The molecule has 0 saturated heterocycles. The van der Waals surface area contributed by atoms with E-state index in [0.717, 1.165) is 18.2 Å². The highest BCUT2D eigenvalue weighted by Gasteiger charge is 2.29. The van der Waals surface area contributed by atoms with E-state index in [4.69, 9.17) is 4.74 Å². The molecule has 0 saturated carbocycles. The molecule has 0 bridgehead atoms. The van der Waals surface area contributed by atoms with Crippen molar-refractivity contribution in [1.82, 2.24) is 9.97 Å². The number of carbonyl (C=O) groups excluding carboxylic acids is 1. The molecule has 2 N–H and O–H groups in total. The standard InChI is InChI=1S/C20H15F3N4O2/c21-13-4-2-11(10-15(13)23)26-19(28)17-14(22)5-3-12-16(6-9-29-18(12)17)27-20-24-7-1-8-25-20/h1-5,7-8,10,16H,6,9H2,(H,26,28)(H,24,25,27). The summed E-state index contributed by atoms with van der Waals surface area (Å²) in [5, 5.41) is 5.51. The molecule has 1 unspecified atom stereocenters. The zero-order valence-corrected chi connectivity index (χ0v) is 15.0. The number of fused-ring (bicyclic) bond motifs is 1. The van der Waals surface area contributed by atoms with Gasteiger partial charge in [0.05, 0.1) is 12.6 Å². The Morgan fingerprint density at radius 1 is 1.03 bits per heavy atom. The van der Waals surface area contributed by atoms with Crippen LogP contribution in [0.4, 0.5) is 24.8 Å². The number of aromatic nitrogens is 2. The van der Waals surface area contributed by atoms with Crippen LogP contribution in [0.25, 0.3) is 0 Å². The molecular weight excluding hydrogens is 385 g/mol. The van der Waals surface area contributed by atoms with Crippen molar-refractivity contribution in [3.8, 4) is 5.75 Å². The van der Waals surface area contributed by atoms with E-state index < -0.39 is 23.4 Å². The average Bonchev–Trinajstić information content (AvgIpc) is 2.71. The van der Waals surface area contributed by atoms with Gasteiger partial charge in [-0.2, -0.15) is 0 Å². The van der Waals surface area contributed by atoms with Gasteiger partial charge in [-0.25, -0.2) is 23.1 Å². The molecule has 1 aliphatic rings. The first-order valence-corrected chi connectivity index (χ1v) is 8.78. The summed E-state index contributed by atoms with van der Waals surface area (Å²) in [6, 6.07) is 6.95. The summed E-state index contributed by atoms with van der Waals surface area (Å²) < 4.78 is 46.6. The van der Waals surface area contributed by atoms with Gasteiger partial charge < -0.3 is 15.4 Å². The van der Waals surface area contributed by atoms with Gasteiger partial charge in [-0.3, -0.25) is 4.79 Å². The zero-order valence-electron chi connectivity index (χ0n) is 15.0. The van der Waals surface area contributed by atoms with Crippen LogP contribution in [-0.2, 0) is 0 Å². The molecule has 2 heterocycles. The largest absolute Gasteiger partial charge is 0.492 e. The molecule has 0 spiro atoms. The van der Waals surface area contributed by atoms with Gasteiger partial charge in [0.25, 0.3) is 5.91 Å². The summed E-state index contributed by atoms with van der Waals surface area (Å²) in [5.41, 5.74) is 0.252. The van der Waals surface area contributed by atoms with Crippen molar-refractivity contribution in [3.63, 3.8) is 0 Å². The van der Waals surface area contributed by atoms with Crippen molar-refractivity contribution in [1.29, 1.82) is 0 Å². The fourth-order valence-electron chi connectivity index (χ4n) is 3.10. The molecular formula is C20H15F3N4O2. The fraction of sp³-hybridized carbons (Fsp3) is 0.150. The van der Waals surface area contributed by atoms with Crippen molar-refractivity contribution in [2.45, 2.75) is 12.5 Å². The lowest BCUT2D eigenvalue weighted by molar-refractivity contribution is 0.101. The van der Waals surface area contributed by atoms with Crippen LogP contribution in [0.2, 0.25) is 0 Å². The average molecular weight is 400 g/mol. The second-order valence-electron chi connectivity index (χ2n) is 6.33. The van der Waals surface area contributed by atoms with Crippen LogP contribution in [0.1, 0.15) is 28.4 Å². The topological polar surface area (TPSA) is 76.1 Å². The van der Waals surface area contributed by atoms with Crippen molar-refractivity contribution < 1.29 is 22.7 Å². The van der Waals surface area contributed by atoms with E-state index in [1.165, 1.54) is 12.1 Å². The van der Waals surface area contributed by atoms with Gasteiger partial charge in [0, 0.05) is 36.1 Å². The number of halogens is 3. The highest BCUT2D eigenvalue weighted by Crippen LogP contribution is 2.38. The first kappa shape index (κ1) is 18.7. The van der Waals surface area contributed by atoms with Crippen molar-refractivity contribution in [2.24, 2.45) is 0 Å². The Balaban J connectivity index is 1.65. The van der Waals surface area contributed by atoms with Crippen LogP contribution in [0, 0.1) is 17.5 Å². The van der Waals surface area contributed by atoms with Crippen molar-refractivity contribution in [2.75, 3.05) is 17.2 Å². The minimum Gasteiger partial charge on any atom is -0.492 e. The first-order chi connectivity index (χ1) is 14.0. The molecule has 9 heteroatoms. The highest BCUT2D eigenvalue weighted by atomic mass is 19.2.